The lowest BCUT2D eigenvalue weighted by Gasteiger charge is -2.24. The molecule has 0 unspecified atom stereocenters. The van der Waals surface area contributed by atoms with Gasteiger partial charge in [-0.05, 0) is 60.7 Å². The first-order valence-electron chi connectivity index (χ1n) is 9.45. The van der Waals surface area contributed by atoms with Crippen molar-refractivity contribution in [3.8, 4) is 0 Å². The maximum atomic E-state index is 12.8. The van der Waals surface area contributed by atoms with Gasteiger partial charge in [0, 0.05) is 37.4 Å². The minimum absolute atomic E-state index is 0.117. The average molecular weight is 378 g/mol. The van der Waals surface area contributed by atoms with E-state index in [4.69, 9.17) is 0 Å². The molecule has 0 saturated heterocycles. The summed E-state index contributed by atoms with van der Waals surface area (Å²) >= 11 is 0. The molecule has 0 saturated carbocycles. The van der Waals surface area contributed by atoms with Crippen LogP contribution in [-0.4, -0.2) is 28.4 Å². The van der Waals surface area contributed by atoms with Crippen molar-refractivity contribution in [1.82, 2.24) is 15.2 Å². The largest absolute Gasteiger partial charge is 0.361 e. The number of hydrogen-bond donors (Lipinski definition) is 3. The lowest BCUT2D eigenvalue weighted by Crippen LogP contribution is -2.40. The van der Waals surface area contributed by atoms with Crippen LogP contribution in [0.2, 0.25) is 0 Å². The summed E-state index contributed by atoms with van der Waals surface area (Å²) in [5.41, 5.74) is 3.83. The molecule has 0 bridgehead atoms. The predicted octanol–water partition coefficient (Wildman–Crippen LogP) is 4.42. The molecule has 146 valence electrons. The highest BCUT2D eigenvalue weighted by Gasteiger charge is 2.16. The number of nitrogens with zero attached hydrogens (tertiary/aromatic N) is 1. The van der Waals surface area contributed by atoms with E-state index in [1.54, 1.807) is 4.90 Å². The topological polar surface area (TPSA) is 77.2 Å². The molecular weight excluding hydrogens is 352 g/mol. The minimum atomic E-state index is -0.178. The Labute approximate surface area is 164 Å². The Morgan fingerprint density at radius 1 is 1.14 bits per heavy atom. The fourth-order valence-electron chi connectivity index (χ4n) is 3.20. The van der Waals surface area contributed by atoms with Crippen molar-refractivity contribution in [2.75, 3.05) is 11.9 Å². The number of urea groups is 1. The molecule has 0 aliphatic rings. The van der Waals surface area contributed by atoms with Gasteiger partial charge in [0.2, 0.25) is 5.91 Å². The van der Waals surface area contributed by atoms with Crippen LogP contribution in [0.25, 0.3) is 10.9 Å². The maximum absolute atomic E-state index is 12.8. The van der Waals surface area contributed by atoms with Gasteiger partial charge in [-0.1, -0.05) is 18.2 Å². The van der Waals surface area contributed by atoms with Gasteiger partial charge in [-0.2, -0.15) is 0 Å². The van der Waals surface area contributed by atoms with Crippen LogP contribution in [0.15, 0.2) is 54.7 Å². The van der Waals surface area contributed by atoms with E-state index in [0.29, 0.717) is 13.1 Å². The fraction of sp³-hybridized carbons (Fsp3) is 0.273. The Balaban J connectivity index is 1.66. The molecule has 3 amide bonds. The van der Waals surface area contributed by atoms with E-state index < -0.39 is 0 Å². The number of nitrogens with one attached hydrogen (secondary N) is 3. The molecule has 6 nitrogen and oxygen atoms in total. The van der Waals surface area contributed by atoms with Crippen molar-refractivity contribution >= 4 is 28.5 Å². The van der Waals surface area contributed by atoms with Crippen LogP contribution in [0, 0.1) is 0 Å². The van der Waals surface area contributed by atoms with Crippen molar-refractivity contribution in [3.05, 3.63) is 65.9 Å². The molecule has 0 aliphatic carbocycles. The van der Waals surface area contributed by atoms with Gasteiger partial charge in [0.15, 0.2) is 0 Å². The Kier molecular flexibility index (Phi) is 5.99. The first-order chi connectivity index (χ1) is 13.5. The third-order valence-corrected chi connectivity index (χ3v) is 4.71. The second kappa shape index (κ2) is 8.61. The highest BCUT2D eigenvalue weighted by atomic mass is 16.2. The molecule has 28 heavy (non-hydrogen) atoms. The highest BCUT2D eigenvalue weighted by Crippen LogP contribution is 2.19. The zero-order chi connectivity index (χ0) is 20.1. The van der Waals surface area contributed by atoms with Gasteiger partial charge in [-0.25, -0.2) is 4.79 Å². The molecule has 1 aromatic heterocycles. The molecule has 0 aliphatic heterocycles. The number of aromatic nitrogens is 1. The summed E-state index contributed by atoms with van der Waals surface area (Å²) < 4.78 is 0. The van der Waals surface area contributed by atoms with Crippen molar-refractivity contribution in [1.29, 1.82) is 0 Å². The number of fused-ring (bicyclic) bond motifs is 1. The monoisotopic (exact) mass is 378 g/mol. The number of rotatable bonds is 6. The lowest BCUT2D eigenvalue weighted by atomic mass is 10.1. The molecule has 2 aromatic carbocycles. The number of hydrogen-bond acceptors (Lipinski definition) is 2. The smallest absolute Gasteiger partial charge is 0.318 e. The molecule has 0 spiro atoms. The molecular formula is C22H26N4O2. The van der Waals surface area contributed by atoms with Crippen LogP contribution in [0.1, 0.15) is 37.9 Å². The molecule has 0 fully saturated rings. The standard InChI is InChI=1S/C22H26N4O2/c1-4-26(14-17-8-9-21-19(12-17)10-11-23-21)22(28)24-15(2)18-6-5-7-20(13-18)25-16(3)27/h5-13,15,23H,4,14H2,1-3H3,(H,24,28)(H,25,27)/t15-/m1/s1. The third-order valence-electron chi connectivity index (χ3n) is 4.71. The fourth-order valence-corrected chi connectivity index (χ4v) is 3.20. The molecule has 1 atom stereocenters. The van der Waals surface area contributed by atoms with Crippen molar-refractivity contribution in [2.45, 2.75) is 33.4 Å². The number of carbonyl (C=O) groups excluding carboxylic acids is 2. The van der Waals surface area contributed by atoms with Crippen LogP contribution < -0.4 is 10.6 Å². The van der Waals surface area contributed by atoms with E-state index >= 15 is 0 Å². The summed E-state index contributed by atoms with van der Waals surface area (Å²) in [6.45, 7) is 6.53. The van der Waals surface area contributed by atoms with E-state index in [1.165, 1.54) is 6.92 Å². The van der Waals surface area contributed by atoms with Crippen molar-refractivity contribution in [2.24, 2.45) is 0 Å². The van der Waals surface area contributed by atoms with Gasteiger partial charge in [-0.15, -0.1) is 0 Å². The summed E-state index contributed by atoms with van der Waals surface area (Å²) in [7, 11) is 0. The SMILES string of the molecule is CCN(Cc1ccc2[nH]ccc2c1)C(=O)N[C@H](C)c1cccc(NC(C)=O)c1. The predicted molar refractivity (Wildman–Crippen MR) is 112 cm³/mol. The molecule has 0 radical (unpaired) electrons. The number of carbonyl (C=O) groups is 2. The van der Waals surface area contributed by atoms with Gasteiger partial charge in [0.25, 0.3) is 0 Å². The second-order valence-electron chi connectivity index (χ2n) is 6.89. The van der Waals surface area contributed by atoms with Gasteiger partial charge in [0.05, 0.1) is 6.04 Å². The molecule has 3 aromatic rings. The number of amides is 3. The Bertz CT molecular complexity index is 979. The van der Waals surface area contributed by atoms with Gasteiger partial charge >= 0.3 is 6.03 Å². The molecule has 1 heterocycles. The zero-order valence-electron chi connectivity index (χ0n) is 16.5. The van der Waals surface area contributed by atoms with E-state index in [2.05, 4.69) is 21.7 Å². The number of aromatic amines is 1. The van der Waals surface area contributed by atoms with Gasteiger partial charge in [-0.3, -0.25) is 4.79 Å². The van der Waals surface area contributed by atoms with E-state index in [-0.39, 0.29) is 18.0 Å². The summed E-state index contributed by atoms with van der Waals surface area (Å²) in [6.07, 6.45) is 1.91. The average Bonchev–Trinajstić information content (AvgIpc) is 3.13. The summed E-state index contributed by atoms with van der Waals surface area (Å²) in [6, 6.07) is 15.4. The van der Waals surface area contributed by atoms with Crippen LogP contribution >= 0.6 is 0 Å². The van der Waals surface area contributed by atoms with Gasteiger partial charge in [0.1, 0.15) is 0 Å². The first kappa shape index (κ1) is 19.5. The van der Waals surface area contributed by atoms with Crippen molar-refractivity contribution < 1.29 is 9.59 Å². The van der Waals surface area contributed by atoms with Crippen LogP contribution in [0.3, 0.4) is 0 Å². The quantitative estimate of drug-likeness (QED) is 0.594. The van der Waals surface area contributed by atoms with Crippen LogP contribution in [-0.2, 0) is 11.3 Å². The highest BCUT2D eigenvalue weighted by molar-refractivity contribution is 5.88. The normalized spacial score (nSPS) is 11.8. The number of H-pyrrole nitrogens is 1. The van der Waals surface area contributed by atoms with Gasteiger partial charge < -0.3 is 20.5 Å². The summed E-state index contributed by atoms with van der Waals surface area (Å²) in [4.78, 5) is 29.0. The molecule has 6 heteroatoms. The van der Waals surface area contributed by atoms with Crippen molar-refractivity contribution in [3.63, 3.8) is 0 Å². The Hall–Kier alpha value is -3.28. The number of benzene rings is 2. The second-order valence-corrected chi connectivity index (χ2v) is 6.89. The number of anilines is 1. The van der Waals surface area contributed by atoms with Crippen LogP contribution in [0.4, 0.5) is 10.5 Å². The van der Waals surface area contributed by atoms with E-state index in [0.717, 1.165) is 27.7 Å². The molecule has 3 rings (SSSR count). The van der Waals surface area contributed by atoms with E-state index in [9.17, 15) is 9.59 Å². The van der Waals surface area contributed by atoms with E-state index in [1.807, 2.05) is 62.5 Å². The minimum Gasteiger partial charge on any atom is -0.361 e. The lowest BCUT2D eigenvalue weighted by molar-refractivity contribution is -0.114. The third kappa shape index (κ3) is 4.71. The Morgan fingerprint density at radius 3 is 2.71 bits per heavy atom. The molecule has 3 N–H and O–H groups in total. The first-order valence-corrected chi connectivity index (χ1v) is 9.45. The zero-order valence-corrected chi connectivity index (χ0v) is 16.5. The summed E-state index contributed by atoms with van der Waals surface area (Å²) in [5, 5.41) is 6.95. The summed E-state index contributed by atoms with van der Waals surface area (Å²) in [5.74, 6) is -0.120. The Morgan fingerprint density at radius 2 is 1.96 bits per heavy atom. The van der Waals surface area contributed by atoms with Crippen LogP contribution in [0.5, 0.6) is 0 Å². The maximum Gasteiger partial charge on any atom is 0.318 e.